The lowest BCUT2D eigenvalue weighted by Crippen LogP contribution is -2.12. The molecule has 0 bridgehead atoms. The lowest BCUT2D eigenvalue weighted by molar-refractivity contribution is -0.139. The second-order valence-corrected chi connectivity index (χ2v) is 6.89. The third-order valence-corrected chi connectivity index (χ3v) is 5.02. The van der Waals surface area contributed by atoms with Gasteiger partial charge in [0.25, 0.3) is 5.91 Å². The minimum absolute atomic E-state index is 0.155. The summed E-state index contributed by atoms with van der Waals surface area (Å²) in [5.74, 6) is -0.526. The van der Waals surface area contributed by atoms with Crippen LogP contribution in [0.15, 0.2) is 9.72 Å². The number of hydrogen-bond donors (Lipinski definition) is 2. The molecule has 0 spiro atoms. The Hall–Kier alpha value is -1.56. The number of carbonyl (C=O) groups excluding carboxylic acids is 2. The zero-order chi connectivity index (χ0) is 15.9. The Balaban J connectivity index is 1.88. The predicted molar refractivity (Wildman–Crippen MR) is 85.2 cm³/mol. The molecule has 1 amide bonds. The van der Waals surface area contributed by atoms with Crippen molar-refractivity contribution < 1.29 is 14.3 Å². The molecule has 0 aliphatic rings. The standard InChI is InChI=1S/C11H13N5O3S3/c1-2-19-8(17)5-21-11-16-15-10(22-11)14-9(18)6-4-20-7(3-12)13-6/h4H,2-3,5,12H2,1H3,(H,14,15,18). The van der Waals surface area contributed by atoms with E-state index in [4.69, 9.17) is 10.5 Å². The first kappa shape index (κ1) is 16.8. The smallest absolute Gasteiger partial charge is 0.316 e. The fourth-order valence-electron chi connectivity index (χ4n) is 1.31. The number of esters is 1. The molecule has 8 nitrogen and oxygen atoms in total. The second kappa shape index (κ2) is 8.17. The van der Waals surface area contributed by atoms with Crippen molar-refractivity contribution >= 4 is 51.4 Å². The van der Waals surface area contributed by atoms with Gasteiger partial charge < -0.3 is 10.5 Å². The van der Waals surface area contributed by atoms with Crippen LogP contribution >= 0.6 is 34.4 Å². The topological polar surface area (TPSA) is 120 Å². The highest BCUT2D eigenvalue weighted by Crippen LogP contribution is 2.25. The number of aromatic nitrogens is 3. The Bertz CT molecular complexity index is 657. The van der Waals surface area contributed by atoms with E-state index in [0.717, 1.165) is 0 Å². The largest absolute Gasteiger partial charge is 0.465 e. The average molecular weight is 359 g/mol. The van der Waals surface area contributed by atoms with Crippen LogP contribution in [0.5, 0.6) is 0 Å². The second-order valence-electron chi connectivity index (χ2n) is 3.75. The van der Waals surface area contributed by atoms with Gasteiger partial charge in [-0.05, 0) is 6.92 Å². The van der Waals surface area contributed by atoms with E-state index in [1.165, 1.54) is 34.4 Å². The summed E-state index contributed by atoms with van der Waals surface area (Å²) in [4.78, 5) is 27.3. The summed E-state index contributed by atoms with van der Waals surface area (Å²) >= 11 is 3.71. The Kier molecular flexibility index (Phi) is 6.24. The Morgan fingerprint density at radius 1 is 1.45 bits per heavy atom. The van der Waals surface area contributed by atoms with E-state index in [1.54, 1.807) is 12.3 Å². The van der Waals surface area contributed by atoms with E-state index >= 15 is 0 Å². The number of nitrogens with two attached hydrogens (primary N) is 1. The monoisotopic (exact) mass is 359 g/mol. The predicted octanol–water partition coefficient (Wildman–Crippen LogP) is 1.36. The lowest BCUT2D eigenvalue weighted by atomic mass is 10.4. The minimum atomic E-state index is -0.367. The summed E-state index contributed by atoms with van der Waals surface area (Å²) in [7, 11) is 0. The molecule has 3 N–H and O–H groups in total. The number of thiazole rings is 1. The fraction of sp³-hybridized carbons (Fsp3) is 0.364. The molecular formula is C11H13N5O3S3. The number of nitrogens with one attached hydrogen (secondary N) is 1. The van der Waals surface area contributed by atoms with Gasteiger partial charge in [0, 0.05) is 11.9 Å². The summed E-state index contributed by atoms with van der Waals surface area (Å²) in [5, 5.41) is 13.0. The zero-order valence-corrected chi connectivity index (χ0v) is 14.0. The molecule has 0 aromatic carbocycles. The van der Waals surface area contributed by atoms with Gasteiger partial charge in [0.2, 0.25) is 5.13 Å². The van der Waals surface area contributed by atoms with Crippen LogP contribution in [0, 0.1) is 0 Å². The van der Waals surface area contributed by atoms with Crippen molar-refractivity contribution in [2.45, 2.75) is 17.8 Å². The molecule has 11 heteroatoms. The summed E-state index contributed by atoms with van der Waals surface area (Å²) in [6.07, 6.45) is 0. The Morgan fingerprint density at radius 3 is 2.95 bits per heavy atom. The van der Waals surface area contributed by atoms with Crippen LogP contribution in [0.3, 0.4) is 0 Å². The third kappa shape index (κ3) is 4.73. The van der Waals surface area contributed by atoms with Crippen LogP contribution < -0.4 is 11.1 Å². The normalized spacial score (nSPS) is 10.5. The van der Waals surface area contributed by atoms with Crippen LogP contribution in [0.4, 0.5) is 5.13 Å². The van der Waals surface area contributed by atoms with Crippen LogP contribution in [0.1, 0.15) is 22.4 Å². The highest BCUT2D eigenvalue weighted by Gasteiger charge is 2.14. The van der Waals surface area contributed by atoms with Crippen LogP contribution in [0.25, 0.3) is 0 Å². The van der Waals surface area contributed by atoms with E-state index in [-0.39, 0.29) is 17.6 Å². The van der Waals surface area contributed by atoms with Crippen molar-refractivity contribution in [2.75, 3.05) is 17.7 Å². The molecule has 0 aliphatic carbocycles. The summed E-state index contributed by atoms with van der Waals surface area (Å²) in [6, 6.07) is 0. The van der Waals surface area contributed by atoms with Gasteiger partial charge in [0.1, 0.15) is 10.7 Å². The number of rotatable bonds is 7. The van der Waals surface area contributed by atoms with E-state index < -0.39 is 0 Å². The molecule has 0 radical (unpaired) electrons. The molecule has 2 aromatic rings. The van der Waals surface area contributed by atoms with Gasteiger partial charge in [-0.1, -0.05) is 23.1 Å². The van der Waals surface area contributed by atoms with Crippen LogP contribution in [-0.2, 0) is 16.1 Å². The van der Waals surface area contributed by atoms with E-state index in [2.05, 4.69) is 20.5 Å². The molecule has 22 heavy (non-hydrogen) atoms. The number of anilines is 1. The number of carbonyl (C=O) groups is 2. The Labute approximate surface area is 138 Å². The summed E-state index contributed by atoms with van der Waals surface area (Å²) < 4.78 is 5.39. The summed E-state index contributed by atoms with van der Waals surface area (Å²) in [6.45, 7) is 2.39. The van der Waals surface area contributed by atoms with Crippen molar-refractivity contribution in [3.63, 3.8) is 0 Å². The first-order chi connectivity index (χ1) is 10.6. The first-order valence-electron chi connectivity index (χ1n) is 6.20. The fourth-order valence-corrected chi connectivity index (χ4v) is 3.51. The number of amides is 1. The van der Waals surface area contributed by atoms with Gasteiger partial charge in [-0.2, -0.15) is 0 Å². The maximum absolute atomic E-state index is 12.0. The third-order valence-electron chi connectivity index (χ3n) is 2.20. The molecule has 0 saturated heterocycles. The number of nitrogens with zero attached hydrogens (tertiary/aromatic N) is 3. The van der Waals surface area contributed by atoms with Gasteiger partial charge in [-0.25, -0.2) is 4.98 Å². The van der Waals surface area contributed by atoms with Gasteiger partial charge in [0.15, 0.2) is 4.34 Å². The lowest BCUT2D eigenvalue weighted by Gasteiger charge is -1.98. The average Bonchev–Trinajstić information content (AvgIpc) is 3.14. The maximum Gasteiger partial charge on any atom is 0.316 e. The van der Waals surface area contributed by atoms with E-state index in [1.807, 2.05) is 0 Å². The van der Waals surface area contributed by atoms with E-state index in [9.17, 15) is 9.59 Å². The van der Waals surface area contributed by atoms with Gasteiger partial charge in [-0.3, -0.25) is 14.9 Å². The van der Waals surface area contributed by atoms with Crippen molar-refractivity contribution in [1.82, 2.24) is 15.2 Å². The molecule has 0 atom stereocenters. The Morgan fingerprint density at radius 2 is 2.27 bits per heavy atom. The molecule has 0 fully saturated rings. The highest BCUT2D eigenvalue weighted by molar-refractivity contribution is 8.01. The molecule has 118 valence electrons. The molecule has 0 unspecified atom stereocenters. The molecule has 2 aromatic heterocycles. The number of hydrogen-bond acceptors (Lipinski definition) is 10. The highest BCUT2D eigenvalue weighted by atomic mass is 32.2. The quantitative estimate of drug-likeness (QED) is 0.432. The molecule has 0 saturated carbocycles. The van der Waals surface area contributed by atoms with E-state index in [0.29, 0.717) is 33.3 Å². The van der Waals surface area contributed by atoms with Crippen LogP contribution in [-0.4, -0.2) is 39.4 Å². The maximum atomic E-state index is 12.0. The molecule has 2 rings (SSSR count). The number of ether oxygens (including phenoxy) is 1. The SMILES string of the molecule is CCOC(=O)CSc1nnc(NC(=O)c2csc(CN)n2)s1. The van der Waals surface area contributed by atoms with Crippen LogP contribution in [0.2, 0.25) is 0 Å². The zero-order valence-electron chi connectivity index (χ0n) is 11.6. The van der Waals surface area contributed by atoms with Crippen molar-refractivity contribution in [1.29, 1.82) is 0 Å². The first-order valence-corrected chi connectivity index (χ1v) is 8.88. The molecule has 0 aliphatic heterocycles. The van der Waals surface area contributed by atoms with Gasteiger partial charge >= 0.3 is 5.97 Å². The molecule has 2 heterocycles. The summed E-state index contributed by atoms with van der Waals surface area (Å²) in [5.41, 5.74) is 5.75. The number of thioether (sulfide) groups is 1. The van der Waals surface area contributed by atoms with Crippen molar-refractivity contribution in [2.24, 2.45) is 5.73 Å². The molecular weight excluding hydrogens is 346 g/mol. The van der Waals surface area contributed by atoms with Crippen molar-refractivity contribution in [3.8, 4) is 0 Å². The van der Waals surface area contributed by atoms with Gasteiger partial charge in [0.05, 0.1) is 12.4 Å². The minimum Gasteiger partial charge on any atom is -0.465 e. The van der Waals surface area contributed by atoms with Crippen molar-refractivity contribution in [3.05, 3.63) is 16.1 Å². The van der Waals surface area contributed by atoms with Gasteiger partial charge in [-0.15, -0.1) is 21.5 Å².